The van der Waals surface area contributed by atoms with Crippen LogP contribution in [-0.2, 0) is 4.79 Å². The molecule has 2 N–H and O–H groups in total. The Hall–Kier alpha value is -1.85. The van der Waals surface area contributed by atoms with Crippen LogP contribution in [0.15, 0.2) is 16.8 Å². The van der Waals surface area contributed by atoms with Gasteiger partial charge in [0.05, 0.1) is 6.20 Å². The third-order valence-electron chi connectivity index (χ3n) is 2.05. The van der Waals surface area contributed by atoms with E-state index < -0.39 is 23.3 Å². The molecule has 1 amide bonds. The van der Waals surface area contributed by atoms with Crippen LogP contribution in [0.4, 0.5) is 0 Å². The molecule has 0 bridgehead atoms. The highest BCUT2D eigenvalue weighted by molar-refractivity contribution is 5.94. The molecule has 1 rings (SSSR count). The van der Waals surface area contributed by atoms with Gasteiger partial charge in [0.2, 0.25) is 5.76 Å². The highest BCUT2D eigenvalue weighted by Crippen LogP contribution is 2.19. The third-order valence-corrected chi connectivity index (χ3v) is 2.05. The van der Waals surface area contributed by atoms with Crippen molar-refractivity contribution < 1.29 is 19.2 Å². The molecule has 16 heavy (non-hydrogen) atoms. The first-order chi connectivity index (χ1) is 7.32. The van der Waals surface area contributed by atoms with E-state index in [0.717, 1.165) is 0 Å². The summed E-state index contributed by atoms with van der Waals surface area (Å²) < 4.78 is 4.63. The molecule has 6 heteroatoms. The zero-order chi connectivity index (χ0) is 12.3. The minimum atomic E-state index is -1.08. The molecular formula is C10H14N2O4. The molecule has 1 atom stereocenters. The molecule has 1 heterocycles. The van der Waals surface area contributed by atoms with Crippen LogP contribution in [0.1, 0.15) is 31.3 Å². The second kappa shape index (κ2) is 4.34. The Labute approximate surface area is 92.6 Å². The summed E-state index contributed by atoms with van der Waals surface area (Å²) in [6.07, 6.45) is 1.32. The summed E-state index contributed by atoms with van der Waals surface area (Å²) in [5.74, 6) is -1.67. The maximum absolute atomic E-state index is 11.6. The fraction of sp³-hybridized carbons (Fsp3) is 0.500. The number of nitrogens with one attached hydrogen (secondary N) is 1. The van der Waals surface area contributed by atoms with E-state index in [1.807, 2.05) is 0 Å². The average Bonchev–Trinajstić information content (AvgIpc) is 2.63. The zero-order valence-electron chi connectivity index (χ0n) is 9.35. The molecule has 0 aliphatic rings. The minimum absolute atomic E-state index is 0.00417. The molecule has 0 saturated heterocycles. The molecule has 0 spiro atoms. The van der Waals surface area contributed by atoms with Gasteiger partial charge in [-0.15, -0.1) is 0 Å². The van der Waals surface area contributed by atoms with E-state index in [1.54, 1.807) is 20.8 Å². The Morgan fingerprint density at radius 1 is 1.50 bits per heavy atom. The van der Waals surface area contributed by atoms with Crippen molar-refractivity contribution in [2.24, 2.45) is 5.41 Å². The number of amides is 1. The first-order valence-electron chi connectivity index (χ1n) is 4.76. The molecule has 0 fully saturated rings. The molecule has 1 unspecified atom stereocenters. The second-order valence-electron chi connectivity index (χ2n) is 4.49. The van der Waals surface area contributed by atoms with Crippen molar-refractivity contribution >= 4 is 11.9 Å². The molecule has 0 aromatic carbocycles. The van der Waals surface area contributed by atoms with Crippen molar-refractivity contribution in [2.45, 2.75) is 26.8 Å². The molecular weight excluding hydrogens is 212 g/mol. The van der Waals surface area contributed by atoms with Gasteiger partial charge in [-0.2, -0.15) is 0 Å². The Balaban J connectivity index is 2.78. The molecule has 0 aliphatic heterocycles. The van der Waals surface area contributed by atoms with Gasteiger partial charge in [0.25, 0.3) is 5.91 Å². The Bertz CT molecular complexity index is 378. The van der Waals surface area contributed by atoms with Crippen LogP contribution in [0.25, 0.3) is 0 Å². The summed E-state index contributed by atoms with van der Waals surface area (Å²) in [6.45, 7) is 5.19. The molecule has 0 aliphatic carbocycles. The lowest BCUT2D eigenvalue weighted by molar-refractivity contribution is -0.142. The molecule has 1 aromatic rings. The lowest BCUT2D eigenvalue weighted by Gasteiger charge is -2.27. The molecule has 0 radical (unpaired) electrons. The van der Waals surface area contributed by atoms with E-state index >= 15 is 0 Å². The fourth-order valence-electron chi connectivity index (χ4n) is 1.18. The number of nitrogens with zero attached hydrogens (tertiary/aromatic N) is 1. The van der Waals surface area contributed by atoms with E-state index in [4.69, 9.17) is 5.11 Å². The van der Waals surface area contributed by atoms with Gasteiger partial charge in [-0.05, 0) is 5.41 Å². The first kappa shape index (κ1) is 12.2. The number of hydrogen-bond acceptors (Lipinski definition) is 4. The average molecular weight is 226 g/mol. The lowest BCUT2D eigenvalue weighted by atomic mass is 9.87. The molecule has 1 aromatic heterocycles. The van der Waals surface area contributed by atoms with Crippen molar-refractivity contribution in [3.05, 3.63) is 18.0 Å². The van der Waals surface area contributed by atoms with Crippen LogP contribution in [0, 0.1) is 5.41 Å². The van der Waals surface area contributed by atoms with Crippen molar-refractivity contribution in [3.63, 3.8) is 0 Å². The highest BCUT2D eigenvalue weighted by atomic mass is 16.5. The van der Waals surface area contributed by atoms with E-state index in [9.17, 15) is 9.59 Å². The number of aromatic nitrogens is 1. The van der Waals surface area contributed by atoms with Crippen LogP contribution in [0.2, 0.25) is 0 Å². The van der Waals surface area contributed by atoms with Crippen molar-refractivity contribution in [1.82, 2.24) is 10.5 Å². The van der Waals surface area contributed by atoms with Crippen LogP contribution in [-0.4, -0.2) is 28.2 Å². The summed E-state index contributed by atoms with van der Waals surface area (Å²) in [7, 11) is 0. The number of carboxylic acids is 1. The van der Waals surface area contributed by atoms with Crippen LogP contribution in [0.5, 0.6) is 0 Å². The topological polar surface area (TPSA) is 92.4 Å². The SMILES string of the molecule is CC(C)(C)C(NC(=O)c1ccno1)C(=O)O. The van der Waals surface area contributed by atoms with Crippen molar-refractivity contribution in [2.75, 3.05) is 0 Å². The van der Waals surface area contributed by atoms with Gasteiger partial charge < -0.3 is 14.9 Å². The standard InChI is InChI=1S/C10H14N2O4/c1-10(2,3)7(9(14)15)12-8(13)6-4-5-11-16-6/h4-5,7H,1-3H3,(H,12,13)(H,14,15). The normalized spacial score (nSPS) is 13.2. The molecule has 88 valence electrons. The number of rotatable bonds is 3. The van der Waals surface area contributed by atoms with Gasteiger partial charge in [-0.1, -0.05) is 25.9 Å². The lowest BCUT2D eigenvalue weighted by Crippen LogP contribution is -2.49. The Kier molecular flexibility index (Phi) is 3.31. The monoisotopic (exact) mass is 226 g/mol. The summed E-state index contributed by atoms with van der Waals surface area (Å²) in [6, 6.07) is 0.391. The summed E-state index contributed by atoms with van der Waals surface area (Å²) in [5, 5.41) is 14.8. The second-order valence-corrected chi connectivity index (χ2v) is 4.49. The van der Waals surface area contributed by atoms with E-state index in [1.165, 1.54) is 12.3 Å². The maximum atomic E-state index is 11.6. The van der Waals surface area contributed by atoms with Crippen LogP contribution >= 0.6 is 0 Å². The van der Waals surface area contributed by atoms with Crippen molar-refractivity contribution in [3.8, 4) is 0 Å². The summed E-state index contributed by atoms with van der Waals surface area (Å²) in [5.41, 5.74) is -0.582. The van der Waals surface area contributed by atoms with Crippen molar-refractivity contribution in [1.29, 1.82) is 0 Å². The molecule has 0 saturated carbocycles. The van der Waals surface area contributed by atoms with Gasteiger partial charge in [0, 0.05) is 6.07 Å². The highest BCUT2D eigenvalue weighted by Gasteiger charge is 2.33. The largest absolute Gasteiger partial charge is 0.480 e. The predicted molar refractivity (Wildman–Crippen MR) is 54.8 cm³/mol. The van der Waals surface area contributed by atoms with Gasteiger partial charge in [-0.25, -0.2) is 4.79 Å². The summed E-state index contributed by atoms with van der Waals surface area (Å²) in [4.78, 5) is 22.5. The fourth-order valence-corrected chi connectivity index (χ4v) is 1.18. The van der Waals surface area contributed by atoms with Gasteiger partial charge >= 0.3 is 5.97 Å². The van der Waals surface area contributed by atoms with Gasteiger partial charge in [0.15, 0.2) is 0 Å². The maximum Gasteiger partial charge on any atom is 0.326 e. The zero-order valence-corrected chi connectivity index (χ0v) is 9.35. The van der Waals surface area contributed by atoms with E-state index in [0.29, 0.717) is 0 Å². The Morgan fingerprint density at radius 3 is 2.50 bits per heavy atom. The third kappa shape index (κ3) is 2.82. The quantitative estimate of drug-likeness (QED) is 0.798. The van der Waals surface area contributed by atoms with Crippen LogP contribution in [0.3, 0.4) is 0 Å². The first-order valence-corrected chi connectivity index (χ1v) is 4.76. The Morgan fingerprint density at radius 2 is 2.12 bits per heavy atom. The number of hydrogen-bond donors (Lipinski definition) is 2. The number of carbonyl (C=O) groups excluding carboxylic acids is 1. The van der Waals surface area contributed by atoms with E-state index in [-0.39, 0.29) is 5.76 Å². The molecule has 6 nitrogen and oxygen atoms in total. The van der Waals surface area contributed by atoms with Crippen LogP contribution < -0.4 is 5.32 Å². The summed E-state index contributed by atoms with van der Waals surface area (Å²) >= 11 is 0. The smallest absolute Gasteiger partial charge is 0.326 e. The van der Waals surface area contributed by atoms with Gasteiger partial charge in [-0.3, -0.25) is 4.79 Å². The van der Waals surface area contributed by atoms with Gasteiger partial charge in [0.1, 0.15) is 6.04 Å². The minimum Gasteiger partial charge on any atom is -0.480 e. The number of aliphatic carboxylic acids is 1. The van der Waals surface area contributed by atoms with E-state index in [2.05, 4.69) is 15.0 Å². The predicted octanol–water partition coefficient (Wildman–Crippen LogP) is 0.904. The number of carboxylic acid groups (broad SMARTS) is 1. The number of carbonyl (C=O) groups is 2.